The zero-order valence-corrected chi connectivity index (χ0v) is 12.4. The molecule has 3 N–H and O–H groups in total. The van der Waals surface area contributed by atoms with E-state index in [0.29, 0.717) is 22.9 Å². The van der Waals surface area contributed by atoms with Gasteiger partial charge in [-0.3, -0.25) is 4.79 Å². The molecule has 2 aromatic rings. The number of aliphatic imine (C=N–C) groups is 1. The minimum Gasteiger partial charge on any atom is -0.463 e. The lowest BCUT2D eigenvalue weighted by Gasteiger charge is -2.08. The number of amidine groups is 1. The summed E-state index contributed by atoms with van der Waals surface area (Å²) in [7, 11) is 0. The number of ether oxygens (including phenoxy) is 1. The molecule has 3 rings (SSSR count). The minimum absolute atomic E-state index is 0.0824. The van der Waals surface area contributed by atoms with E-state index in [0.717, 1.165) is 5.56 Å². The molecule has 1 amide bonds. The van der Waals surface area contributed by atoms with E-state index in [1.807, 2.05) is 24.3 Å². The van der Waals surface area contributed by atoms with Gasteiger partial charge >= 0.3 is 0 Å². The number of hydrogen-bond donors (Lipinski definition) is 2. The highest BCUT2D eigenvalue weighted by Crippen LogP contribution is 2.23. The number of halogens is 1. The summed E-state index contributed by atoms with van der Waals surface area (Å²) >= 11 is 5.80. The van der Waals surface area contributed by atoms with Crippen LogP contribution in [0.5, 0.6) is 0 Å². The maximum Gasteiger partial charge on any atom is 0.282 e. The monoisotopic (exact) mass is 315 g/mol. The first-order chi connectivity index (χ1) is 10.6. The number of anilines is 1. The van der Waals surface area contributed by atoms with E-state index in [2.05, 4.69) is 10.3 Å². The Kier molecular flexibility index (Phi) is 3.98. The van der Waals surface area contributed by atoms with Crippen LogP contribution in [-0.4, -0.2) is 18.5 Å². The van der Waals surface area contributed by atoms with E-state index in [-0.39, 0.29) is 18.0 Å². The van der Waals surface area contributed by atoms with Crippen molar-refractivity contribution in [3.8, 4) is 0 Å². The number of nitrogens with zero attached hydrogens (tertiary/aromatic N) is 1. The summed E-state index contributed by atoms with van der Waals surface area (Å²) in [5.74, 6) is -0.184. The molecule has 1 atom stereocenters. The Morgan fingerprint density at radius 1 is 1.18 bits per heavy atom. The van der Waals surface area contributed by atoms with E-state index in [4.69, 9.17) is 22.1 Å². The number of amides is 1. The van der Waals surface area contributed by atoms with Gasteiger partial charge < -0.3 is 15.8 Å². The van der Waals surface area contributed by atoms with Crippen LogP contribution in [0.3, 0.4) is 0 Å². The van der Waals surface area contributed by atoms with Gasteiger partial charge in [0.25, 0.3) is 11.9 Å². The molecule has 0 unspecified atom stereocenters. The standard InChI is InChI=1S/C16H14ClN3O2/c17-12-5-1-11(2-6-12)15(21)19-13-7-3-10(4-8-13)14-9-22-16(18)20-14/h1-8,14H,9H2,(H2,18,20)(H,19,21)/t14-/m1/s1. The molecule has 0 fully saturated rings. The first kappa shape index (κ1) is 14.4. The maximum atomic E-state index is 12.1. The van der Waals surface area contributed by atoms with Gasteiger partial charge in [0.15, 0.2) is 0 Å². The highest BCUT2D eigenvalue weighted by Gasteiger charge is 2.18. The van der Waals surface area contributed by atoms with Gasteiger partial charge in [-0.05, 0) is 42.0 Å². The second-order valence-electron chi connectivity index (χ2n) is 4.88. The van der Waals surface area contributed by atoms with Gasteiger partial charge in [-0.2, -0.15) is 0 Å². The van der Waals surface area contributed by atoms with Crippen molar-refractivity contribution in [2.45, 2.75) is 6.04 Å². The van der Waals surface area contributed by atoms with Gasteiger partial charge in [-0.15, -0.1) is 0 Å². The number of benzene rings is 2. The summed E-state index contributed by atoms with van der Waals surface area (Å²) in [4.78, 5) is 16.3. The predicted octanol–water partition coefficient (Wildman–Crippen LogP) is 2.98. The average Bonchev–Trinajstić information content (AvgIpc) is 2.95. The van der Waals surface area contributed by atoms with E-state index in [9.17, 15) is 4.79 Å². The van der Waals surface area contributed by atoms with Gasteiger partial charge in [-0.1, -0.05) is 23.7 Å². The van der Waals surface area contributed by atoms with Crippen LogP contribution in [0.4, 0.5) is 5.69 Å². The quantitative estimate of drug-likeness (QED) is 0.914. The highest BCUT2D eigenvalue weighted by molar-refractivity contribution is 6.30. The number of carbonyl (C=O) groups is 1. The summed E-state index contributed by atoms with van der Waals surface area (Å²) in [5.41, 5.74) is 7.74. The molecule has 0 aliphatic carbocycles. The molecule has 1 aliphatic rings. The second kappa shape index (κ2) is 6.07. The molecule has 1 heterocycles. The molecule has 0 aromatic heterocycles. The Labute approximate surface area is 132 Å². The van der Waals surface area contributed by atoms with Crippen molar-refractivity contribution >= 4 is 29.2 Å². The fourth-order valence-electron chi connectivity index (χ4n) is 2.16. The van der Waals surface area contributed by atoms with E-state index in [1.165, 1.54) is 0 Å². The highest BCUT2D eigenvalue weighted by atomic mass is 35.5. The second-order valence-corrected chi connectivity index (χ2v) is 5.31. The number of rotatable bonds is 3. The lowest BCUT2D eigenvalue weighted by Crippen LogP contribution is -2.11. The first-order valence-corrected chi connectivity index (χ1v) is 7.12. The molecule has 0 spiro atoms. The van der Waals surface area contributed by atoms with Crippen LogP contribution in [0.1, 0.15) is 22.0 Å². The van der Waals surface area contributed by atoms with Crippen LogP contribution in [0.15, 0.2) is 53.5 Å². The van der Waals surface area contributed by atoms with Crippen LogP contribution in [0.25, 0.3) is 0 Å². The van der Waals surface area contributed by atoms with E-state index in [1.54, 1.807) is 24.3 Å². The molecule has 0 saturated carbocycles. The van der Waals surface area contributed by atoms with Gasteiger partial charge in [0.1, 0.15) is 12.6 Å². The van der Waals surface area contributed by atoms with Crippen molar-refractivity contribution in [1.29, 1.82) is 0 Å². The Bertz CT molecular complexity index is 711. The number of hydrogen-bond acceptors (Lipinski definition) is 4. The van der Waals surface area contributed by atoms with Crippen LogP contribution in [0, 0.1) is 0 Å². The summed E-state index contributed by atoms with van der Waals surface area (Å²) in [6.07, 6.45) is 0. The number of carbonyl (C=O) groups excluding carboxylic acids is 1. The van der Waals surface area contributed by atoms with Crippen molar-refractivity contribution in [3.63, 3.8) is 0 Å². The molecule has 22 heavy (non-hydrogen) atoms. The molecular formula is C16H14ClN3O2. The van der Waals surface area contributed by atoms with Crippen LogP contribution >= 0.6 is 11.6 Å². The molecule has 0 bridgehead atoms. The lowest BCUT2D eigenvalue weighted by atomic mass is 10.1. The molecule has 2 aromatic carbocycles. The molecule has 1 aliphatic heterocycles. The summed E-state index contributed by atoms with van der Waals surface area (Å²) in [5, 5.41) is 3.43. The molecule has 6 heteroatoms. The first-order valence-electron chi connectivity index (χ1n) is 6.75. The topological polar surface area (TPSA) is 76.7 Å². The summed E-state index contributed by atoms with van der Waals surface area (Å²) in [6, 6.07) is 14.3. The van der Waals surface area contributed by atoms with Gasteiger partial charge in [0.2, 0.25) is 0 Å². The Morgan fingerprint density at radius 2 is 1.86 bits per heavy atom. The zero-order valence-electron chi connectivity index (χ0n) is 11.6. The molecular weight excluding hydrogens is 302 g/mol. The lowest BCUT2D eigenvalue weighted by molar-refractivity contribution is 0.102. The van der Waals surface area contributed by atoms with Crippen molar-refractivity contribution in [1.82, 2.24) is 0 Å². The Morgan fingerprint density at radius 3 is 2.45 bits per heavy atom. The summed E-state index contributed by atoms with van der Waals surface area (Å²) < 4.78 is 5.13. The van der Waals surface area contributed by atoms with Crippen molar-refractivity contribution in [3.05, 3.63) is 64.7 Å². The van der Waals surface area contributed by atoms with Crippen molar-refractivity contribution < 1.29 is 9.53 Å². The minimum atomic E-state index is -0.184. The zero-order chi connectivity index (χ0) is 15.5. The number of nitrogens with two attached hydrogens (primary N) is 1. The third-order valence-corrected chi connectivity index (χ3v) is 3.58. The normalized spacial score (nSPS) is 16.8. The van der Waals surface area contributed by atoms with Crippen molar-refractivity contribution in [2.24, 2.45) is 10.7 Å². The van der Waals surface area contributed by atoms with Crippen LogP contribution in [-0.2, 0) is 4.74 Å². The van der Waals surface area contributed by atoms with E-state index >= 15 is 0 Å². The third-order valence-electron chi connectivity index (χ3n) is 3.33. The predicted molar refractivity (Wildman–Crippen MR) is 86.2 cm³/mol. The average molecular weight is 316 g/mol. The Hall–Kier alpha value is -2.53. The molecule has 112 valence electrons. The van der Waals surface area contributed by atoms with Gasteiger partial charge in [-0.25, -0.2) is 4.99 Å². The van der Waals surface area contributed by atoms with E-state index < -0.39 is 0 Å². The van der Waals surface area contributed by atoms with Crippen molar-refractivity contribution in [2.75, 3.05) is 11.9 Å². The summed E-state index contributed by atoms with van der Waals surface area (Å²) in [6.45, 7) is 0.447. The smallest absolute Gasteiger partial charge is 0.282 e. The maximum absolute atomic E-state index is 12.1. The SMILES string of the molecule is NC1=N[C@@H](c2ccc(NC(=O)c3ccc(Cl)cc3)cc2)CO1. The Balaban J connectivity index is 1.68. The van der Waals surface area contributed by atoms with Crippen LogP contribution in [0.2, 0.25) is 5.02 Å². The largest absolute Gasteiger partial charge is 0.463 e. The fourth-order valence-corrected chi connectivity index (χ4v) is 2.28. The third kappa shape index (κ3) is 3.20. The fraction of sp³-hybridized carbons (Fsp3) is 0.125. The molecule has 5 nitrogen and oxygen atoms in total. The number of nitrogens with one attached hydrogen (secondary N) is 1. The molecule has 0 radical (unpaired) electrons. The van der Waals surface area contributed by atoms with Gasteiger partial charge in [0, 0.05) is 16.3 Å². The van der Waals surface area contributed by atoms with Crippen LogP contribution < -0.4 is 11.1 Å². The molecule has 0 saturated heterocycles. The van der Waals surface area contributed by atoms with Gasteiger partial charge in [0.05, 0.1) is 0 Å².